The van der Waals surface area contributed by atoms with Gasteiger partial charge in [0.25, 0.3) is 5.91 Å². The number of carboxylic acid groups (broad SMARTS) is 1. The van der Waals surface area contributed by atoms with E-state index in [-0.39, 0.29) is 23.8 Å². The molecule has 1 saturated carbocycles. The molecule has 1 saturated heterocycles. The Bertz CT molecular complexity index is 619. The summed E-state index contributed by atoms with van der Waals surface area (Å²) in [5, 5.41) is 12.2. The lowest BCUT2D eigenvalue weighted by Crippen LogP contribution is -2.48. The van der Waals surface area contributed by atoms with E-state index in [2.05, 4.69) is 5.32 Å². The second-order valence-electron chi connectivity index (χ2n) is 6.95. The summed E-state index contributed by atoms with van der Waals surface area (Å²) >= 11 is 0. The minimum Gasteiger partial charge on any atom is -0.481 e. The Morgan fingerprint density at radius 1 is 1.12 bits per heavy atom. The predicted molar refractivity (Wildman–Crippen MR) is 88.9 cm³/mol. The van der Waals surface area contributed by atoms with Gasteiger partial charge in [-0.05, 0) is 44.2 Å². The largest absolute Gasteiger partial charge is 0.481 e. The summed E-state index contributed by atoms with van der Waals surface area (Å²) in [4.78, 5) is 37.5. The summed E-state index contributed by atoms with van der Waals surface area (Å²) in [5.74, 6) is -1.24. The van der Waals surface area contributed by atoms with Gasteiger partial charge >= 0.3 is 5.97 Å². The van der Waals surface area contributed by atoms with Crippen LogP contribution in [-0.2, 0) is 9.59 Å². The molecule has 7 heteroatoms. The van der Waals surface area contributed by atoms with Gasteiger partial charge in [0.05, 0.1) is 12.2 Å². The van der Waals surface area contributed by atoms with Crippen LogP contribution in [0.5, 0.6) is 0 Å². The molecule has 1 aliphatic heterocycles. The Hall–Kier alpha value is -2.31. The van der Waals surface area contributed by atoms with Gasteiger partial charge in [-0.3, -0.25) is 14.4 Å². The average Bonchev–Trinajstić information content (AvgIpc) is 3.16. The van der Waals surface area contributed by atoms with Crippen LogP contribution in [0, 0.1) is 11.8 Å². The molecule has 1 aliphatic carbocycles. The molecule has 1 aromatic rings. The van der Waals surface area contributed by atoms with Crippen LogP contribution in [0.25, 0.3) is 0 Å². The lowest BCUT2D eigenvalue weighted by Gasteiger charge is -2.33. The Morgan fingerprint density at radius 2 is 1.84 bits per heavy atom. The van der Waals surface area contributed by atoms with Gasteiger partial charge in [-0.2, -0.15) is 0 Å². The molecule has 2 heterocycles. The van der Waals surface area contributed by atoms with Crippen molar-refractivity contribution in [3.63, 3.8) is 0 Å². The highest BCUT2D eigenvalue weighted by molar-refractivity contribution is 5.91. The topological polar surface area (TPSA) is 99.8 Å². The summed E-state index contributed by atoms with van der Waals surface area (Å²) in [7, 11) is 0. The first-order valence-electron chi connectivity index (χ1n) is 8.90. The molecule has 2 N–H and O–H groups in total. The van der Waals surface area contributed by atoms with Crippen molar-refractivity contribution in [3.05, 3.63) is 24.2 Å². The van der Waals surface area contributed by atoms with E-state index in [9.17, 15) is 14.4 Å². The number of hydrogen-bond acceptors (Lipinski definition) is 4. The van der Waals surface area contributed by atoms with E-state index in [4.69, 9.17) is 9.52 Å². The fraction of sp³-hybridized carbons (Fsp3) is 0.611. The fourth-order valence-electron chi connectivity index (χ4n) is 3.75. The SMILES string of the molecule is O=C(O)C1CCCC(C(=O)NC2CCN(C(=O)c3ccco3)CC2)C1. The van der Waals surface area contributed by atoms with Gasteiger partial charge in [0.2, 0.25) is 5.91 Å². The Morgan fingerprint density at radius 3 is 2.48 bits per heavy atom. The number of nitrogens with zero attached hydrogens (tertiary/aromatic N) is 1. The lowest BCUT2D eigenvalue weighted by molar-refractivity contribution is -0.144. The van der Waals surface area contributed by atoms with Crippen LogP contribution in [0.4, 0.5) is 0 Å². The Labute approximate surface area is 146 Å². The number of rotatable bonds is 4. The molecular weight excluding hydrogens is 324 g/mol. The third-order valence-electron chi connectivity index (χ3n) is 5.25. The highest BCUT2D eigenvalue weighted by Gasteiger charge is 2.33. The molecule has 0 radical (unpaired) electrons. The number of nitrogens with one attached hydrogen (secondary N) is 1. The molecule has 7 nitrogen and oxygen atoms in total. The number of carboxylic acids is 1. The van der Waals surface area contributed by atoms with Crippen molar-refractivity contribution in [2.75, 3.05) is 13.1 Å². The van der Waals surface area contributed by atoms with Crippen molar-refractivity contribution in [2.24, 2.45) is 11.8 Å². The van der Waals surface area contributed by atoms with Crippen molar-refractivity contribution in [3.8, 4) is 0 Å². The molecule has 2 aliphatic rings. The van der Waals surface area contributed by atoms with E-state index in [1.165, 1.54) is 6.26 Å². The lowest BCUT2D eigenvalue weighted by atomic mass is 9.81. The summed E-state index contributed by atoms with van der Waals surface area (Å²) in [6.07, 6.45) is 5.51. The van der Waals surface area contributed by atoms with Crippen molar-refractivity contribution >= 4 is 17.8 Å². The van der Waals surface area contributed by atoms with Crippen molar-refractivity contribution in [1.82, 2.24) is 10.2 Å². The van der Waals surface area contributed by atoms with E-state index >= 15 is 0 Å². The minimum absolute atomic E-state index is 0.0400. The molecule has 0 aromatic carbocycles. The Kier molecular flexibility index (Phi) is 5.40. The molecule has 3 rings (SSSR count). The zero-order valence-electron chi connectivity index (χ0n) is 14.1. The molecule has 0 bridgehead atoms. The highest BCUT2D eigenvalue weighted by atomic mass is 16.4. The number of carbonyl (C=O) groups is 3. The molecular formula is C18H24N2O5. The molecule has 2 fully saturated rings. The number of aliphatic carboxylic acids is 1. The van der Waals surface area contributed by atoms with E-state index in [1.807, 2.05) is 0 Å². The van der Waals surface area contributed by atoms with Gasteiger partial charge in [-0.1, -0.05) is 6.42 Å². The van der Waals surface area contributed by atoms with Gasteiger partial charge in [0.15, 0.2) is 5.76 Å². The van der Waals surface area contributed by atoms with Crippen molar-refractivity contribution in [1.29, 1.82) is 0 Å². The summed E-state index contributed by atoms with van der Waals surface area (Å²) in [5.41, 5.74) is 0. The smallest absolute Gasteiger partial charge is 0.306 e. The number of likely N-dealkylation sites (tertiary alicyclic amines) is 1. The van der Waals surface area contributed by atoms with E-state index in [1.54, 1.807) is 17.0 Å². The monoisotopic (exact) mass is 348 g/mol. The van der Waals surface area contributed by atoms with Gasteiger partial charge in [0, 0.05) is 25.0 Å². The fourth-order valence-corrected chi connectivity index (χ4v) is 3.75. The van der Waals surface area contributed by atoms with Crippen LogP contribution in [0.1, 0.15) is 49.1 Å². The summed E-state index contributed by atoms with van der Waals surface area (Å²) in [6.45, 7) is 1.15. The summed E-state index contributed by atoms with van der Waals surface area (Å²) < 4.78 is 5.14. The summed E-state index contributed by atoms with van der Waals surface area (Å²) in [6, 6.07) is 3.38. The van der Waals surface area contributed by atoms with Crippen LogP contribution < -0.4 is 5.32 Å². The second-order valence-corrected chi connectivity index (χ2v) is 6.95. The quantitative estimate of drug-likeness (QED) is 0.865. The molecule has 136 valence electrons. The van der Waals surface area contributed by atoms with Crippen LogP contribution >= 0.6 is 0 Å². The first-order valence-corrected chi connectivity index (χ1v) is 8.90. The third kappa shape index (κ3) is 4.21. The van der Waals surface area contributed by atoms with E-state index < -0.39 is 11.9 Å². The van der Waals surface area contributed by atoms with E-state index in [0.29, 0.717) is 44.5 Å². The minimum atomic E-state index is -0.803. The maximum absolute atomic E-state index is 12.4. The van der Waals surface area contributed by atoms with Gasteiger partial charge < -0.3 is 19.7 Å². The zero-order valence-corrected chi connectivity index (χ0v) is 14.1. The highest BCUT2D eigenvalue weighted by Crippen LogP contribution is 2.29. The third-order valence-corrected chi connectivity index (χ3v) is 5.25. The maximum atomic E-state index is 12.4. The second kappa shape index (κ2) is 7.72. The number of furan rings is 1. The average molecular weight is 348 g/mol. The normalized spacial score (nSPS) is 24.7. The van der Waals surface area contributed by atoms with Crippen molar-refractivity contribution < 1.29 is 23.9 Å². The number of piperidine rings is 1. The molecule has 2 amide bonds. The first kappa shape index (κ1) is 17.5. The molecule has 2 atom stereocenters. The Balaban J connectivity index is 1.46. The number of hydrogen-bond donors (Lipinski definition) is 2. The molecule has 25 heavy (non-hydrogen) atoms. The van der Waals surface area contributed by atoms with Crippen LogP contribution in [0.3, 0.4) is 0 Å². The van der Waals surface area contributed by atoms with Gasteiger partial charge in [-0.25, -0.2) is 0 Å². The molecule has 2 unspecified atom stereocenters. The van der Waals surface area contributed by atoms with Gasteiger partial charge in [-0.15, -0.1) is 0 Å². The van der Waals surface area contributed by atoms with E-state index in [0.717, 1.165) is 12.8 Å². The predicted octanol–water partition coefficient (Wildman–Crippen LogP) is 1.89. The standard InChI is InChI=1S/C18H24N2O5/c21-16(12-3-1-4-13(11-12)18(23)24)19-14-6-8-20(9-7-14)17(22)15-5-2-10-25-15/h2,5,10,12-14H,1,3-4,6-9,11H2,(H,19,21)(H,23,24). The molecule has 0 spiro atoms. The first-order chi connectivity index (χ1) is 12.0. The van der Waals surface area contributed by atoms with Gasteiger partial charge in [0.1, 0.15) is 0 Å². The van der Waals surface area contributed by atoms with Crippen molar-refractivity contribution in [2.45, 2.75) is 44.6 Å². The zero-order chi connectivity index (χ0) is 17.8. The van der Waals surface area contributed by atoms with Crippen LogP contribution in [0.15, 0.2) is 22.8 Å². The number of carbonyl (C=O) groups excluding carboxylic acids is 2. The van der Waals surface area contributed by atoms with Crippen LogP contribution in [-0.4, -0.2) is 46.9 Å². The van der Waals surface area contributed by atoms with Crippen LogP contribution in [0.2, 0.25) is 0 Å². The molecule has 1 aromatic heterocycles. The number of amides is 2. The maximum Gasteiger partial charge on any atom is 0.306 e.